The Morgan fingerprint density at radius 2 is 2.00 bits per heavy atom. The number of aryl methyl sites for hydroxylation is 1. The minimum Gasteiger partial charge on any atom is -0.330 e. The highest BCUT2D eigenvalue weighted by Gasteiger charge is 2.31. The number of rotatable bonds is 5. The summed E-state index contributed by atoms with van der Waals surface area (Å²) in [6.07, 6.45) is 0.627. The summed E-state index contributed by atoms with van der Waals surface area (Å²) in [6.45, 7) is 5.27. The van der Waals surface area contributed by atoms with Crippen LogP contribution < -0.4 is 4.90 Å². The van der Waals surface area contributed by atoms with Crippen LogP contribution in [0.5, 0.6) is 0 Å². The Morgan fingerprint density at radius 1 is 1.28 bits per heavy atom. The van der Waals surface area contributed by atoms with E-state index in [9.17, 15) is 12.8 Å². The molecule has 5 nitrogen and oxygen atoms in total. The standard InChI is InChI=1S/C18H24FN3O2S/c1-13-17(11-21(3)10-15-6-4-5-7-18(15)19)14(2)22(20-13)16-8-9-25(23,24)12-16/h4-7,16H,8-12H2,1-3H3/p+1/t16-/m0/s1. The maximum absolute atomic E-state index is 13.8. The maximum Gasteiger partial charge on any atom is 0.152 e. The van der Waals surface area contributed by atoms with Gasteiger partial charge in [-0.05, 0) is 26.3 Å². The molecular weight excluding hydrogens is 341 g/mol. The predicted molar refractivity (Wildman–Crippen MR) is 94.7 cm³/mol. The summed E-state index contributed by atoms with van der Waals surface area (Å²) >= 11 is 0. The Bertz CT molecular complexity index is 876. The van der Waals surface area contributed by atoms with E-state index in [1.54, 1.807) is 6.07 Å². The molecule has 7 heteroatoms. The number of nitrogens with zero attached hydrogens (tertiary/aromatic N) is 2. The van der Waals surface area contributed by atoms with Crippen molar-refractivity contribution in [3.8, 4) is 0 Å². The third-order valence-electron chi connectivity index (χ3n) is 4.96. The molecule has 0 aliphatic carbocycles. The fourth-order valence-corrected chi connectivity index (χ4v) is 5.30. The van der Waals surface area contributed by atoms with Crippen LogP contribution in [0.25, 0.3) is 0 Å². The van der Waals surface area contributed by atoms with Crippen molar-refractivity contribution < 1.29 is 17.7 Å². The SMILES string of the molecule is Cc1nn([C@H]2CCS(=O)(=O)C2)c(C)c1C[NH+](C)Cc1ccccc1F. The normalized spacial score (nSPS) is 20.7. The third kappa shape index (κ3) is 3.93. The van der Waals surface area contributed by atoms with Crippen molar-refractivity contribution in [2.24, 2.45) is 0 Å². The van der Waals surface area contributed by atoms with Crippen molar-refractivity contribution in [3.63, 3.8) is 0 Å². The van der Waals surface area contributed by atoms with Gasteiger partial charge in [-0.2, -0.15) is 5.10 Å². The van der Waals surface area contributed by atoms with E-state index in [4.69, 9.17) is 0 Å². The van der Waals surface area contributed by atoms with E-state index >= 15 is 0 Å². The smallest absolute Gasteiger partial charge is 0.152 e. The summed E-state index contributed by atoms with van der Waals surface area (Å²) in [5.41, 5.74) is 3.77. The fraction of sp³-hybridized carbons (Fsp3) is 0.500. The second kappa shape index (κ2) is 6.88. The molecule has 0 bridgehead atoms. The number of hydrogen-bond acceptors (Lipinski definition) is 3. The zero-order valence-electron chi connectivity index (χ0n) is 14.9. The van der Waals surface area contributed by atoms with Gasteiger partial charge in [-0.25, -0.2) is 12.8 Å². The Morgan fingerprint density at radius 3 is 2.64 bits per heavy atom. The lowest BCUT2D eigenvalue weighted by Crippen LogP contribution is -3.06. The van der Waals surface area contributed by atoms with Gasteiger partial charge < -0.3 is 4.90 Å². The molecule has 1 aliphatic heterocycles. The van der Waals surface area contributed by atoms with E-state index in [1.165, 1.54) is 6.07 Å². The molecule has 1 aromatic heterocycles. The van der Waals surface area contributed by atoms with Crippen LogP contribution in [0, 0.1) is 19.7 Å². The van der Waals surface area contributed by atoms with Gasteiger partial charge in [-0.1, -0.05) is 18.2 Å². The Labute approximate surface area is 148 Å². The molecule has 25 heavy (non-hydrogen) atoms. The molecule has 2 heterocycles. The molecule has 136 valence electrons. The van der Waals surface area contributed by atoms with Crippen molar-refractivity contribution in [3.05, 3.63) is 52.6 Å². The van der Waals surface area contributed by atoms with E-state index in [0.717, 1.165) is 28.4 Å². The highest BCUT2D eigenvalue weighted by atomic mass is 32.2. The predicted octanol–water partition coefficient (Wildman–Crippen LogP) is 1.21. The quantitative estimate of drug-likeness (QED) is 0.866. The van der Waals surface area contributed by atoms with Gasteiger partial charge in [0.1, 0.15) is 18.9 Å². The van der Waals surface area contributed by atoms with Crippen LogP contribution in [0.3, 0.4) is 0 Å². The summed E-state index contributed by atoms with van der Waals surface area (Å²) in [5, 5.41) is 4.60. The molecular formula is C18H25FN3O2S+. The Balaban J connectivity index is 1.76. The lowest BCUT2D eigenvalue weighted by molar-refractivity contribution is -0.907. The van der Waals surface area contributed by atoms with Crippen LogP contribution in [0.1, 0.15) is 35.0 Å². The monoisotopic (exact) mass is 366 g/mol. The zero-order chi connectivity index (χ0) is 18.2. The number of sulfone groups is 1. The van der Waals surface area contributed by atoms with E-state index < -0.39 is 9.84 Å². The topological polar surface area (TPSA) is 56.4 Å². The van der Waals surface area contributed by atoms with Crippen molar-refractivity contribution >= 4 is 9.84 Å². The summed E-state index contributed by atoms with van der Waals surface area (Å²) in [6, 6.07) is 6.77. The first-order chi connectivity index (χ1) is 11.8. The Kier molecular flexibility index (Phi) is 4.97. The molecule has 1 aromatic carbocycles. The van der Waals surface area contributed by atoms with Crippen LogP contribution >= 0.6 is 0 Å². The number of hydrogen-bond donors (Lipinski definition) is 1. The van der Waals surface area contributed by atoms with Gasteiger partial charge in [0, 0.05) is 11.3 Å². The number of quaternary nitrogens is 1. The average Bonchev–Trinajstić information content (AvgIpc) is 3.03. The van der Waals surface area contributed by atoms with E-state index in [1.807, 2.05) is 37.7 Å². The van der Waals surface area contributed by atoms with Gasteiger partial charge in [0.25, 0.3) is 0 Å². The number of halogens is 1. The number of benzene rings is 1. The molecule has 1 unspecified atom stereocenters. The van der Waals surface area contributed by atoms with Crippen molar-refractivity contribution in [2.75, 3.05) is 18.6 Å². The van der Waals surface area contributed by atoms with Gasteiger partial charge in [0.15, 0.2) is 9.84 Å². The number of aromatic nitrogens is 2. The molecule has 3 rings (SSSR count). The zero-order valence-corrected chi connectivity index (χ0v) is 15.7. The molecule has 2 aromatic rings. The summed E-state index contributed by atoms with van der Waals surface area (Å²) < 4.78 is 39.2. The molecule has 0 radical (unpaired) electrons. The minimum absolute atomic E-state index is 0.0654. The maximum atomic E-state index is 13.8. The van der Waals surface area contributed by atoms with Gasteiger partial charge in [-0.15, -0.1) is 0 Å². The highest BCUT2D eigenvalue weighted by Crippen LogP contribution is 2.26. The van der Waals surface area contributed by atoms with E-state index in [2.05, 4.69) is 5.10 Å². The highest BCUT2D eigenvalue weighted by molar-refractivity contribution is 7.91. The van der Waals surface area contributed by atoms with Gasteiger partial charge in [0.2, 0.25) is 0 Å². The molecule has 0 spiro atoms. The summed E-state index contributed by atoms with van der Waals surface area (Å²) in [7, 11) is -0.910. The third-order valence-corrected chi connectivity index (χ3v) is 6.71. The molecule has 1 fully saturated rings. The van der Waals surface area contributed by atoms with Crippen LogP contribution in [0.15, 0.2) is 24.3 Å². The first-order valence-electron chi connectivity index (χ1n) is 8.56. The minimum atomic E-state index is -2.94. The molecule has 0 saturated carbocycles. The lowest BCUT2D eigenvalue weighted by Gasteiger charge is -2.16. The van der Waals surface area contributed by atoms with Gasteiger partial charge >= 0.3 is 0 Å². The summed E-state index contributed by atoms with van der Waals surface area (Å²) in [4.78, 5) is 1.16. The lowest BCUT2D eigenvalue weighted by atomic mass is 10.1. The van der Waals surface area contributed by atoms with Gasteiger partial charge in [-0.3, -0.25) is 4.68 Å². The average molecular weight is 366 g/mol. The first-order valence-corrected chi connectivity index (χ1v) is 10.4. The second-order valence-electron chi connectivity index (χ2n) is 7.05. The summed E-state index contributed by atoms with van der Waals surface area (Å²) in [5.74, 6) is 0.234. The van der Waals surface area contributed by atoms with Gasteiger partial charge in [0.05, 0.1) is 35.9 Å². The molecule has 1 saturated heterocycles. The van der Waals surface area contributed by atoms with Crippen LogP contribution in [-0.2, 0) is 22.9 Å². The van der Waals surface area contributed by atoms with E-state index in [0.29, 0.717) is 18.5 Å². The van der Waals surface area contributed by atoms with Crippen LogP contribution in [0.2, 0.25) is 0 Å². The molecule has 0 amide bonds. The molecule has 1 N–H and O–H groups in total. The number of nitrogens with one attached hydrogen (secondary N) is 1. The van der Waals surface area contributed by atoms with Crippen molar-refractivity contribution in [1.29, 1.82) is 0 Å². The fourth-order valence-electron chi connectivity index (χ4n) is 3.61. The van der Waals surface area contributed by atoms with E-state index in [-0.39, 0.29) is 23.4 Å². The first kappa shape index (κ1) is 18.1. The van der Waals surface area contributed by atoms with Crippen LogP contribution in [-0.4, -0.2) is 36.8 Å². The Hall–Kier alpha value is -1.73. The molecule has 2 atom stereocenters. The van der Waals surface area contributed by atoms with Crippen LogP contribution in [0.4, 0.5) is 4.39 Å². The van der Waals surface area contributed by atoms with Crippen molar-refractivity contribution in [2.45, 2.75) is 39.4 Å². The molecule has 1 aliphatic rings. The largest absolute Gasteiger partial charge is 0.330 e. The second-order valence-corrected chi connectivity index (χ2v) is 9.28. The van der Waals surface area contributed by atoms with Crippen molar-refractivity contribution in [1.82, 2.24) is 9.78 Å².